The Bertz CT molecular complexity index is 1660. The zero-order chi connectivity index (χ0) is 37.5. The van der Waals surface area contributed by atoms with E-state index in [1.165, 1.54) is 32.4 Å². The SMILES string of the molecule is CCC1(C(=O)Oc2cc(/C=C/C(=O)/C=C(O)/C=C/c3ccc(OC)c(OC(=O)C4(CC)COC(C)(C)OC4)c3)ccc2OC)COC(C)(C)OC1. The molecule has 0 radical (unpaired) electrons. The van der Waals surface area contributed by atoms with E-state index in [-0.39, 0.29) is 43.7 Å². The molecule has 2 aliphatic rings. The molecule has 51 heavy (non-hydrogen) atoms. The van der Waals surface area contributed by atoms with Crippen LogP contribution >= 0.6 is 0 Å². The van der Waals surface area contributed by atoms with Crippen molar-refractivity contribution < 1.29 is 57.4 Å². The Hall–Kier alpha value is -4.49. The normalized spacial score (nSPS) is 19.4. The van der Waals surface area contributed by atoms with Crippen LogP contribution in [0, 0.1) is 10.8 Å². The van der Waals surface area contributed by atoms with Gasteiger partial charge in [-0.1, -0.05) is 38.1 Å². The molecular formula is C39H48O12. The Kier molecular flexibility index (Phi) is 12.5. The van der Waals surface area contributed by atoms with Crippen LogP contribution in [0.5, 0.6) is 23.0 Å². The van der Waals surface area contributed by atoms with Crippen LogP contribution in [-0.2, 0) is 33.3 Å². The quantitative estimate of drug-likeness (QED) is 0.0786. The summed E-state index contributed by atoms with van der Waals surface area (Å²) in [6, 6.07) is 9.82. The summed E-state index contributed by atoms with van der Waals surface area (Å²) in [4.78, 5) is 39.2. The molecule has 2 saturated heterocycles. The fraction of sp³-hybridized carbons (Fsp3) is 0.462. The Balaban J connectivity index is 1.42. The molecule has 2 fully saturated rings. The maximum atomic E-state index is 13.3. The minimum Gasteiger partial charge on any atom is -0.508 e. The van der Waals surface area contributed by atoms with Crippen molar-refractivity contribution in [1.29, 1.82) is 0 Å². The van der Waals surface area contributed by atoms with Crippen molar-refractivity contribution in [2.45, 2.75) is 66.0 Å². The highest BCUT2D eigenvalue weighted by molar-refractivity contribution is 6.02. The molecule has 0 atom stereocenters. The Morgan fingerprint density at radius 2 is 1.06 bits per heavy atom. The van der Waals surface area contributed by atoms with E-state index >= 15 is 0 Å². The van der Waals surface area contributed by atoms with E-state index in [9.17, 15) is 19.5 Å². The molecule has 2 aromatic carbocycles. The number of hydrogen-bond acceptors (Lipinski definition) is 12. The maximum Gasteiger partial charge on any atom is 0.322 e. The number of esters is 2. The van der Waals surface area contributed by atoms with Crippen LogP contribution in [0.15, 0.2) is 60.4 Å². The van der Waals surface area contributed by atoms with Gasteiger partial charge in [0.25, 0.3) is 0 Å². The Morgan fingerprint density at radius 1 is 0.667 bits per heavy atom. The molecule has 2 aromatic rings. The van der Waals surface area contributed by atoms with Crippen LogP contribution in [0.3, 0.4) is 0 Å². The second-order valence-corrected chi connectivity index (χ2v) is 13.5. The van der Waals surface area contributed by atoms with Crippen LogP contribution in [0.2, 0.25) is 0 Å². The predicted octanol–water partition coefficient (Wildman–Crippen LogP) is 6.61. The number of aliphatic hydroxyl groups excluding tert-OH is 1. The van der Waals surface area contributed by atoms with Crippen LogP contribution in [0.4, 0.5) is 0 Å². The third kappa shape index (κ3) is 9.85. The third-order valence-electron chi connectivity index (χ3n) is 8.96. The summed E-state index contributed by atoms with van der Waals surface area (Å²) in [7, 11) is 2.92. The van der Waals surface area contributed by atoms with Gasteiger partial charge >= 0.3 is 11.9 Å². The van der Waals surface area contributed by atoms with Gasteiger partial charge in [-0.25, -0.2) is 0 Å². The second kappa shape index (κ2) is 16.2. The van der Waals surface area contributed by atoms with Gasteiger partial charge < -0.3 is 43.0 Å². The number of benzene rings is 2. The molecule has 0 aliphatic carbocycles. The summed E-state index contributed by atoms with van der Waals surface area (Å²) in [5, 5.41) is 10.5. The van der Waals surface area contributed by atoms with Crippen LogP contribution in [0.1, 0.15) is 65.5 Å². The van der Waals surface area contributed by atoms with E-state index in [0.717, 1.165) is 6.08 Å². The minimum atomic E-state index is -0.981. The standard InChI is InChI=1S/C39H48O12/c1-9-38(22-46-36(3,4)47-23-38)34(42)50-32-19-26(13-17-30(32)44-7)11-15-28(40)21-29(41)16-12-27-14-18-31(45-8)33(20-27)51-35(43)39(10-2)24-48-37(5,6)49-25-39/h11-21,40H,9-10,22-25H2,1-8H3/b15-11+,16-12+,28-21-. The lowest BCUT2D eigenvalue weighted by atomic mass is 9.86. The Labute approximate surface area is 298 Å². The van der Waals surface area contributed by atoms with Gasteiger partial charge in [-0.3, -0.25) is 14.4 Å². The van der Waals surface area contributed by atoms with Gasteiger partial charge in [-0.15, -0.1) is 0 Å². The topological polar surface area (TPSA) is 145 Å². The van der Waals surface area contributed by atoms with Gasteiger partial charge in [0.05, 0.1) is 40.6 Å². The average molecular weight is 709 g/mol. The molecule has 12 nitrogen and oxygen atoms in total. The lowest BCUT2D eigenvalue weighted by Crippen LogP contribution is -2.51. The van der Waals surface area contributed by atoms with Crippen LogP contribution in [-0.4, -0.2) is 75.0 Å². The van der Waals surface area contributed by atoms with Crippen molar-refractivity contribution in [1.82, 2.24) is 0 Å². The summed E-state index contributed by atoms with van der Waals surface area (Å²) < 4.78 is 45.3. The number of aliphatic hydroxyl groups is 1. The number of allylic oxidation sites excluding steroid dienone is 3. The first-order valence-corrected chi connectivity index (χ1v) is 16.8. The van der Waals surface area contributed by atoms with Crippen molar-refractivity contribution >= 4 is 29.9 Å². The molecule has 0 bridgehead atoms. The van der Waals surface area contributed by atoms with Gasteiger partial charge in [0.15, 0.2) is 40.4 Å². The van der Waals surface area contributed by atoms with Crippen molar-refractivity contribution in [3.63, 3.8) is 0 Å². The molecule has 4 rings (SSSR count). The maximum absolute atomic E-state index is 13.3. The first-order valence-electron chi connectivity index (χ1n) is 16.8. The molecule has 0 saturated carbocycles. The highest BCUT2D eigenvalue weighted by Gasteiger charge is 2.47. The van der Waals surface area contributed by atoms with Crippen molar-refractivity contribution in [2.75, 3.05) is 40.6 Å². The van der Waals surface area contributed by atoms with E-state index in [2.05, 4.69) is 0 Å². The smallest absolute Gasteiger partial charge is 0.322 e. The summed E-state index contributed by atoms with van der Waals surface area (Å²) in [6.07, 6.45) is 7.63. The predicted molar refractivity (Wildman–Crippen MR) is 188 cm³/mol. The lowest BCUT2D eigenvalue weighted by Gasteiger charge is -2.41. The lowest BCUT2D eigenvalue weighted by molar-refractivity contribution is -0.283. The van der Waals surface area contributed by atoms with Crippen LogP contribution < -0.4 is 18.9 Å². The molecule has 0 amide bonds. The number of carbonyl (C=O) groups excluding carboxylic acids is 3. The number of ketones is 1. The van der Waals surface area contributed by atoms with Gasteiger partial charge in [0.2, 0.25) is 0 Å². The number of methoxy groups -OCH3 is 2. The number of hydrogen-bond donors (Lipinski definition) is 1. The third-order valence-corrected chi connectivity index (χ3v) is 8.96. The fourth-order valence-electron chi connectivity index (χ4n) is 5.12. The molecule has 12 heteroatoms. The zero-order valence-electron chi connectivity index (χ0n) is 30.5. The monoisotopic (exact) mass is 708 g/mol. The first-order chi connectivity index (χ1) is 24.1. The molecular weight excluding hydrogens is 660 g/mol. The summed E-state index contributed by atoms with van der Waals surface area (Å²) in [6.45, 7) is 11.5. The number of ether oxygens (including phenoxy) is 8. The summed E-state index contributed by atoms with van der Waals surface area (Å²) >= 11 is 0. The molecule has 276 valence electrons. The first kappa shape index (κ1) is 39.3. The molecule has 0 aromatic heterocycles. The van der Waals surface area contributed by atoms with E-state index in [1.54, 1.807) is 70.2 Å². The van der Waals surface area contributed by atoms with Gasteiger partial charge in [-0.2, -0.15) is 0 Å². The average Bonchev–Trinajstić information content (AvgIpc) is 3.10. The highest BCUT2D eigenvalue weighted by atomic mass is 16.7. The van der Waals surface area contributed by atoms with Crippen molar-refractivity contribution in [2.24, 2.45) is 10.8 Å². The number of rotatable bonds is 13. The molecule has 0 spiro atoms. The minimum absolute atomic E-state index is 0.146. The Morgan fingerprint density at radius 3 is 1.43 bits per heavy atom. The van der Waals surface area contributed by atoms with E-state index < -0.39 is 40.1 Å². The van der Waals surface area contributed by atoms with E-state index in [1.807, 2.05) is 13.8 Å². The van der Waals surface area contributed by atoms with Crippen LogP contribution in [0.25, 0.3) is 12.2 Å². The number of carbonyl (C=O) groups is 3. The van der Waals surface area contributed by atoms with E-state index in [4.69, 9.17) is 37.9 Å². The van der Waals surface area contributed by atoms with E-state index in [0.29, 0.717) is 35.5 Å². The van der Waals surface area contributed by atoms with Gasteiger partial charge in [0, 0.05) is 6.08 Å². The highest BCUT2D eigenvalue weighted by Crippen LogP contribution is 2.38. The molecule has 1 N–H and O–H groups in total. The molecule has 0 unspecified atom stereocenters. The molecule has 2 aliphatic heterocycles. The van der Waals surface area contributed by atoms with Gasteiger partial charge in [0.1, 0.15) is 16.6 Å². The zero-order valence-corrected chi connectivity index (χ0v) is 30.5. The van der Waals surface area contributed by atoms with Gasteiger partial charge in [-0.05, 0) is 88.1 Å². The summed E-state index contributed by atoms with van der Waals surface area (Å²) in [5.41, 5.74) is -0.831. The summed E-state index contributed by atoms with van der Waals surface area (Å²) in [5.74, 6) is -2.38. The van der Waals surface area contributed by atoms with Crippen molar-refractivity contribution in [3.05, 3.63) is 71.5 Å². The second-order valence-electron chi connectivity index (χ2n) is 13.5. The largest absolute Gasteiger partial charge is 0.508 e. The van der Waals surface area contributed by atoms with Crippen molar-refractivity contribution in [3.8, 4) is 23.0 Å². The molecule has 2 heterocycles. The fourth-order valence-corrected chi connectivity index (χ4v) is 5.12.